The highest BCUT2D eigenvalue weighted by Crippen LogP contribution is 2.41. The van der Waals surface area contributed by atoms with Crippen LogP contribution in [0.4, 0.5) is 0 Å². The molecule has 2 atom stereocenters. The van der Waals surface area contributed by atoms with Crippen LogP contribution in [0.5, 0.6) is 0 Å². The molecule has 1 saturated heterocycles. The molecular weight excluding hydrogens is 224 g/mol. The van der Waals surface area contributed by atoms with E-state index in [0.29, 0.717) is 11.3 Å². The molecule has 4 heteroatoms. The molecule has 1 aromatic heterocycles. The minimum absolute atomic E-state index is 0.452. The Morgan fingerprint density at radius 1 is 1.67 bits per heavy atom. The van der Waals surface area contributed by atoms with Gasteiger partial charge in [0, 0.05) is 17.1 Å². The Bertz CT molecular complexity index is 305. The van der Waals surface area contributed by atoms with Gasteiger partial charge in [-0.15, -0.1) is 11.3 Å². The number of nitrogens with one attached hydrogen (secondary N) is 1. The molecule has 0 amide bonds. The summed E-state index contributed by atoms with van der Waals surface area (Å²) in [5.41, 5.74) is 0. The third-order valence-electron chi connectivity index (χ3n) is 2.68. The van der Waals surface area contributed by atoms with Crippen molar-refractivity contribution in [3.63, 3.8) is 0 Å². The molecule has 0 bridgehead atoms. The van der Waals surface area contributed by atoms with E-state index in [-0.39, 0.29) is 0 Å². The zero-order valence-electron chi connectivity index (χ0n) is 9.32. The first-order valence-corrected chi connectivity index (χ1v) is 7.48. The topological polar surface area (TPSA) is 24.9 Å². The van der Waals surface area contributed by atoms with Gasteiger partial charge in [-0.1, -0.05) is 6.92 Å². The Morgan fingerprint density at radius 2 is 2.53 bits per heavy atom. The smallest absolute Gasteiger partial charge is 0.106 e. The van der Waals surface area contributed by atoms with Gasteiger partial charge in [-0.3, -0.25) is 0 Å². The van der Waals surface area contributed by atoms with Crippen LogP contribution in [-0.4, -0.2) is 17.3 Å². The van der Waals surface area contributed by atoms with E-state index < -0.39 is 0 Å². The summed E-state index contributed by atoms with van der Waals surface area (Å²) in [5.74, 6) is 1.31. The predicted molar refractivity (Wildman–Crippen MR) is 68.6 cm³/mol. The number of hydrogen-bond donors (Lipinski definition) is 1. The third kappa shape index (κ3) is 2.74. The Balaban J connectivity index is 2.02. The molecule has 15 heavy (non-hydrogen) atoms. The van der Waals surface area contributed by atoms with Crippen LogP contribution in [-0.2, 0) is 0 Å². The van der Waals surface area contributed by atoms with Crippen LogP contribution in [0.1, 0.15) is 47.9 Å². The van der Waals surface area contributed by atoms with Crippen molar-refractivity contribution >= 4 is 23.1 Å². The van der Waals surface area contributed by atoms with Gasteiger partial charge >= 0.3 is 0 Å². The highest BCUT2D eigenvalue weighted by molar-refractivity contribution is 7.99. The lowest BCUT2D eigenvalue weighted by atomic mass is 10.3. The van der Waals surface area contributed by atoms with E-state index in [0.717, 1.165) is 6.54 Å². The monoisotopic (exact) mass is 242 g/mol. The summed E-state index contributed by atoms with van der Waals surface area (Å²) < 4.78 is 0. The maximum absolute atomic E-state index is 4.56. The lowest BCUT2D eigenvalue weighted by molar-refractivity contribution is 0.606. The lowest BCUT2D eigenvalue weighted by Crippen LogP contribution is -2.16. The number of aromatic nitrogens is 1. The van der Waals surface area contributed by atoms with E-state index in [1.54, 1.807) is 0 Å². The van der Waals surface area contributed by atoms with E-state index in [4.69, 9.17) is 0 Å². The van der Waals surface area contributed by atoms with Crippen LogP contribution in [0.2, 0.25) is 0 Å². The van der Waals surface area contributed by atoms with Crippen LogP contribution in [0.25, 0.3) is 0 Å². The molecule has 1 aliphatic heterocycles. The minimum Gasteiger partial charge on any atom is -0.310 e. The molecule has 1 fully saturated rings. The third-order valence-corrected chi connectivity index (χ3v) is 5.51. The van der Waals surface area contributed by atoms with Gasteiger partial charge < -0.3 is 5.32 Å². The van der Waals surface area contributed by atoms with Gasteiger partial charge in [0.2, 0.25) is 0 Å². The quantitative estimate of drug-likeness (QED) is 0.876. The average molecular weight is 242 g/mol. The molecule has 0 saturated carbocycles. The van der Waals surface area contributed by atoms with Crippen LogP contribution < -0.4 is 5.32 Å². The van der Waals surface area contributed by atoms with Crippen molar-refractivity contribution in [3.8, 4) is 0 Å². The molecule has 2 rings (SSSR count). The summed E-state index contributed by atoms with van der Waals surface area (Å²) in [5, 5.41) is 5.44. The molecule has 2 unspecified atom stereocenters. The van der Waals surface area contributed by atoms with E-state index in [1.807, 2.05) is 17.5 Å². The van der Waals surface area contributed by atoms with Gasteiger partial charge in [-0.2, -0.15) is 11.8 Å². The molecule has 2 heterocycles. The summed E-state index contributed by atoms with van der Waals surface area (Å²) in [7, 11) is 0. The number of thioether (sulfide) groups is 1. The molecule has 84 valence electrons. The fraction of sp³-hybridized carbons (Fsp3) is 0.727. The van der Waals surface area contributed by atoms with Crippen molar-refractivity contribution < 1.29 is 0 Å². The van der Waals surface area contributed by atoms with Crippen molar-refractivity contribution in [2.45, 2.75) is 38.0 Å². The van der Waals surface area contributed by atoms with E-state index in [2.05, 4.69) is 35.9 Å². The predicted octanol–water partition coefficient (Wildman–Crippen LogP) is 3.38. The van der Waals surface area contributed by atoms with Gasteiger partial charge in [0.25, 0.3) is 0 Å². The molecule has 0 aliphatic carbocycles. The first-order valence-electron chi connectivity index (χ1n) is 5.62. The van der Waals surface area contributed by atoms with Gasteiger partial charge in [0.05, 0.1) is 5.25 Å². The molecule has 2 nitrogen and oxygen atoms in total. The first kappa shape index (κ1) is 11.4. The average Bonchev–Trinajstić information content (AvgIpc) is 2.89. The van der Waals surface area contributed by atoms with Crippen LogP contribution >= 0.6 is 23.1 Å². The van der Waals surface area contributed by atoms with Crippen molar-refractivity contribution in [3.05, 3.63) is 16.1 Å². The van der Waals surface area contributed by atoms with Crippen molar-refractivity contribution in [2.24, 2.45) is 0 Å². The second-order valence-electron chi connectivity index (χ2n) is 3.88. The lowest BCUT2D eigenvalue weighted by Gasteiger charge is -2.08. The largest absolute Gasteiger partial charge is 0.310 e. The van der Waals surface area contributed by atoms with E-state index in [1.165, 1.54) is 28.5 Å². The summed E-state index contributed by atoms with van der Waals surface area (Å²) in [6, 6.07) is 0.452. The Kier molecular flexibility index (Phi) is 4.05. The summed E-state index contributed by atoms with van der Waals surface area (Å²) in [4.78, 5) is 5.93. The fourth-order valence-electron chi connectivity index (χ4n) is 1.83. The summed E-state index contributed by atoms with van der Waals surface area (Å²) >= 11 is 3.95. The second-order valence-corrected chi connectivity index (χ2v) is 6.29. The maximum atomic E-state index is 4.56. The standard InChI is InChI=1S/C11H18N2S2/c1-3-12-8(2)10-7-13-11(15-10)9-5-4-6-14-9/h7-9,12H,3-6H2,1-2H3. The maximum Gasteiger partial charge on any atom is 0.106 e. The molecule has 1 aromatic rings. The fourth-order valence-corrected chi connectivity index (χ4v) is 4.29. The first-order chi connectivity index (χ1) is 7.31. The zero-order chi connectivity index (χ0) is 10.7. The van der Waals surface area contributed by atoms with Crippen LogP contribution in [0, 0.1) is 0 Å². The Labute approximate surface area is 99.9 Å². The molecule has 1 aliphatic rings. The normalized spacial score (nSPS) is 23.2. The van der Waals surface area contributed by atoms with E-state index >= 15 is 0 Å². The number of hydrogen-bond acceptors (Lipinski definition) is 4. The second kappa shape index (κ2) is 5.32. The highest BCUT2D eigenvalue weighted by Gasteiger charge is 2.21. The van der Waals surface area contributed by atoms with Crippen LogP contribution in [0.3, 0.4) is 0 Å². The Hall–Kier alpha value is -0.0600. The van der Waals surface area contributed by atoms with Crippen molar-refractivity contribution in [2.75, 3.05) is 12.3 Å². The van der Waals surface area contributed by atoms with E-state index in [9.17, 15) is 0 Å². The van der Waals surface area contributed by atoms with Gasteiger partial charge in [-0.25, -0.2) is 4.98 Å². The molecule has 0 spiro atoms. The molecule has 0 radical (unpaired) electrons. The number of nitrogens with zero attached hydrogens (tertiary/aromatic N) is 1. The zero-order valence-corrected chi connectivity index (χ0v) is 11.0. The van der Waals surface area contributed by atoms with Crippen LogP contribution in [0.15, 0.2) is 6.20 Å². The minimum atomic E-state index is 0.452. The molecule has 1 N–H and O–H groups in total. The SMILES string of the molecule is CCNC(C)c1cnc(C2CCCS2)s1. The summed E-state index contributed by atoms with van der Waals surface area (Å²) in [6.07, 6.45) is 4.71. The van der Waals surface area contributed by atoms with Crippen molar-refractivity contribution in [1.82, 2.24) is 10.3 Å². The van der Waals surface area contributed by atoms with Crippen molar-refractivity contribution in [1.29, 1.82) is 0 Å². The number of thiazole rings is 1. The number of rotatable bonds is 4. The highest BCUT2D eigenvalue weighted by atomic mass is 32.2. The molecule has 0 aromatic carbocycles. The van der Waals surface area contributed by atoms with Gasteiger partial charge in [0.15, 0.2) is 0 Å². The van der Waals surface area contributed by atoms with Gasteiger partial charge in [0.1, 0.15) is 5.01 Å². The van der Waals surface area contributed by atoms with Gasteiger partial charge in [-0.05, 0) is 32.1 Å². The molecular formula is C11H18N2S2. The Morgan fingerprint density at radius 3 is 3.20 bits per heavy atom. The summed E-state index contributed by atoms with van der Waals surface area (Å²) in [6.45, 7) is 5.38.